The molecule has 0 aromatic carbocycles. The molecule has 3 rings (SSSR count). The van der Waals surface area contributed by atoms with Gasteiger partial charge in [-0.3, -0.25) is 9.35 Å². The number of hydrogen-bond donors (Lipinski definition) is 2. The predicted octanol–water partition coefficient (Wildman–Crippen LogP) is 1.64. The summed E-state index contributed by atoms with van der Waals surface area (Å²) in [5.74, 6) is -0.101. The van der Waals surface area contributed by atoms with Crippen LogP contribution in [0.4, 0.5) is 0 Å². The number of Topliss-reactive ketones (excluding diaryl/α,β-unsaturated/α-hetero) is 1. The molecule has 20 heavy (non-hydrogen) atoms. The van der Waals surface area contributed by atoms with E-state index in [2.05, 4.69) is 12.2 Å². The fourth-order valence-corrected chi connectivity index (χ4v) is 5.15. The first-order chi connectivity index (χ1) is 9.08. The highest BCUT2D eigenvalue weighted by atomic mass is 32.2. The van der Waals surface area contributed by atoms with Gasteiger partial charge in [0.25, 0.3) is 10.1 Å². The maximum Gasteiger partial charge on any atom is 0.265 e. The zero-order valence-electron chi connectivity index (χ0n) is 12.5. The van der Waals surface area contributed by atoms with Gasteiger partial charge >= 0.3 is 0 Å². The summed E-state index contributed by atoms with van der Waals surface area (Å²) < 4.78 is 31.0. The molecule has 3 aliphatic rings. The van der Waals surface area contributed by atoms with E-state index < -0.39 is 21.3 Å². The van der Waals surface area contributed by atoms with E-state index in [4.69, 9.17) is 4.55 Å². The molecule has 3 atom stereocenters. The first-order valence-corrected chi connectivity index (χ1v) is 8.91. The normalized spacial score (nSPS) is 38.1. The second kappa shape index (κ2) is 5.07. The van der Waals surface area contributed by atoms with Gasteiger partial charge in [-0.1, -0.05) is 13.8 Å². The van der Waals surface area contributed by atoms with Gasteiger partial charge in [0.15, 0.2) is 0 Å². The van der Waals surface area contributed by atoms with Crippen molar-refractivity contribution in [2.24, 2.45) is 16.7 Å². The number of carbonyl (C=O) groups is 1. The van der Waals surface area contributed by atoms with Crippen molar-refractivity contribution in [1.82, 2.24) is 5.32 Å². The van der Waals surface area contributed by atoms with E-state index in [-0.39, 0.29) is 17.1 Å². The van der Waals surface area contributed by atoms with Crippen LogP contribution in [-0.4, -0.2) is 37.1 Å². The Kier molecular flexibility index (Phi) is 4.04. The summed E-state index contributed by atoms with van der Waals surface area (Å²) in [5.41, 5.74) is -1.12. The highest BCUT2D eigenvalue weighted by Gasteiger charge is 2.65. The van der Waals surface area contributed by atoms with Crippen molar-refractivity contribution in [2.45, 2.75) is 52.5 Å². The number of hydrogen-bond acceptors (Lipinski definition) is 4. The molecule has 116 valence electrons. The topological polar surface area (TPSA) is 83.5 Å². The number of rotatable bonds is 2. The van der Waals surface area contributed by atoms with Crippen LogP contribution in [0.25, 0.3) is 0 Å². The van der Waals surface area contributed by atoms with E-state index in [9.17, 15) is 13.2 Å². The Labute approximate surface area is 121 Å². The lowest BCUT2D eigenvalue weighted by Gasteiger charge is -2.35. The molecule has 0 aromatic heterocycles. The van der Waals surface area contributed by atoms with E-state index in [1.54, 1.807) is 0 Å². The summed E-state index contributed by atoms with van der Waals surface area (Å²) in [6.45, 7) is 7.33. The van der Waals surface area contributed by atoms with Crippen molar-refractivity contribution >= 4 is 15.9 Å². The highest BCUT2D eigenvalue weighted by Crippen LogP contribution is 2.64. The van der Waals surface area contributed by atoms with Gasteiger partial charge in [0, 0.05) is 12.5 Å². The Hall–Kier alpha value is -0.460. The molecule has 0 amide bonds. The molecular formula is C14H25NO4S. The van der Waals surface area contributed by atoms with Gasteiger partial charge in [0.1, 0.15) is 5.78 Å². The van der Waals surface area contributed by atoms with Gasteiger partial charge in [-0.25, -0.2) is 0 Å². The Bertz CT molecular complexity index is 495. The van der Waals surface area contributed by atoms with Crippen molar-refractivity contribution in [3.8, 4) is 0 Å². The first kappa shape index (κ1) is 15.9. The number of carbonyl (C=O) groups excluding carboxylic acids is 1. The van der Waals surface area contributed by atoms with Crippen LogP contribution in [0.5, 0.6) is 0 Å². The zero-order chi connectivity index (χ0) is 15.2. The minimum absolute atomic E-state index is 0.0152. The number of nitrogens with one attached hydrogen (secondary N) is 1. The monoisotopic (exact) mass is 303 g/mol. The largest absolute Gasteiger partial charge is 0.314 e. The second-order valence-electron chi connectivity index (χ2n) is 7.04. The van der Waals surface area contributed by atoms with E-state index >= 15 is 0 Å². The van der Waals surface area contributed by atoms with E-state index in [1.165, 1.54) is 13.0 Å². The van der Waals surface area contributed by atoms with Crippen LogP contribution in [-0.2, 0) is 14.9 Å². The van der Waals surface area contributed by atoms with Crippen molar-refractivity contribution in [1.29, 1.82) is 0 Å². The molecule has 0 aromatic rings. The summed E-state index contributed by atoms with van der Waals surface area (Å²) >= 11 is 0. The molecule has 2 aliphatic carbocycles. The quantitative estimate of drug-likeness (QED) is 0.758. The standard InChI is InChI=1S/C10H16O4S.C4H9N/c1-9(2)7-3-4-10(9,8(11)5-7)6-15(12,13)14;1-4-2-3-5-4/h7H,3-6H2,1-2H3,(H,12,13,14);4-5H,2-3H2,1H3/t7?,10-;/m0./s1. The fourth-order valence-electron chi connectivity index (χ4n) is 3.85. The Balaban J connectivity index is 0.000000247. The van der Waals surface area contributed by atoms with Crippen LogP contribution < -0.4 is 5.32 Å². The van der Waals surface area contributed by atoms with Crippen LogP contribution in [0.1, 0.15) is 46.5 Å². The maximum absolute atomic E-state index is 11.9. The molecule has 2 bridgehead atoms. The van der Waals surface area contributed by atoms with E-state index in [0.717, 1.165) is 12.5 Å². The molecule has 1 aliphatic heterocycles. The van der Waals surface area contributed by atoms with Gasteiger partial charge in [0.05, 0.1) is 11.2 Å². The second-order valence-corrected chi connectivity index (χ2v) is 8.49. The maximum atomic E-state index is 11.9. The van der Waals surface area contributed by atoms with Crippen molar-refractivity contribution in [3.05, 3.63) is 0 Å². The Morgan fingerprint density at radius 2 is 1.90 bits per heavy atom. The summed E-state index contributed by atoms with van der Waals surface area (Å²) in [6, 6.07) is 0.815. The molecular weight excluding hydrogens is 278 g/mol. The fraction of sp³-hybridized carbons (Fsp3) is 0.929. The molecule has 6 heteroatoms. The number of fused-ring (bicyclic) bond motifs is 2. The van der Waals surface area contributed by atoms with Gasteiger partial charge in [-0.2, -0.15) is 8.42 Å². The van der Waals surface area contributed by atoms with Crippen molar-refractivity contribution in [3.63, 3.8) is 0 Å². The molecule has 1 saturated heterocycles. The van der Waals surface area contributed by atoms with Crippen LogP contribution in [0.15, 0.2) is 0 Å². The summed E-state index contributed by atoms with van der Waals surface area (Å²) in [7, 11) is -4.08. The lowest BCUT2D eigenvalue weighted by Crippen LogP contribution is -2.42. The van der Waals surface area contributed by atoms with Gasteiger partial charge in [0.2, 0.25) is 0 Å². The third kappa shape index (κ3) is 2.65. The Morgan fingerprint density at radius 3 is 2.15 bits per heavy atom. The SMILES string of the molecule is CC1(C)C2CC[C@]1(CS(=O)(=O)O)C(=O)C2.CC1CCN1. The van der Waals surface area contributed by atoms with Gasteiger partial charge in [-0.15, -0.1) is 0 Å². The van der Waals surface area contributed by atoms with Crippen molar-refractivity contribution < 1.29 is 17.8 Å². The molecule has 2 N–H and O–H groups in total. The smallest absolute Gasteiger partial charge is 0.265 e. The average Bonchev–Trinajstić information content (AvgIpc) is 2.58. The molecule has 1 heterocycles. The van der Waals surface area contributed by atoms with E-state index in [1.807, 2.05) is 13.8 Å². The lowest BCUT2D eigenvalue weighted by molar-refractivity contribution is -0.128. The first-order valence-electron chi connectivity index (χ1n) is 7.30. The third-order valence-electron chi connectivity index (χ3n) is 5.64. The third-order valence-corrected chi connectivity index (χ3v) is 6.50. The summed E-state index contributed by atoms with van der Waals surface area (Å²) in [5, 5.41) is 3.21. The molecule has 2 saturated carbocycles. The zero-order valence-corrected chi connectivity index (χ0v) is 13.3. The van der Waals surface area contributed by atoms with Crippen LogP contribution >= 0.6 is 0 Å². The van der Waals surface area contributed by atoms with Gasteiger partial charge < -0.3 is 5.32 Å². The summed E-state index contributed by atoms with van der Waals surface area (Å²) in [4.78, 5) is 11.9. The summed E-state index contributed by atoms with van der Waals surface area (Å²) in [6.07, 6.45) is 3.35. The predicted molar refractivity (Wildman–Crippen MR) is 77.1 cm³/mol. The minimum Gasteiger partial charge on any atom is -0.314 e. The number of ketones is 1. The minimum atomic E-state index is -4.08. The molecule has 5 nitrogen and oxygen atoms in total. The van der Waals surface area contributed by atoms with Crippen LogP contribution in [0.3, 0.4) is 0 Å². The average molecular weight is 303 g/mol. The van der Waals surface area contributed by atoms with Crippen LogP contribution in [0.2, 0.25) is 0 Å². The molecule has 0 spiro atoms. The Morgan fingerprint density at radius 1 is 1.35 bits per heavy atom. The van der Waals surface area contributed by atoms with Gasteiger partial charge in [-0.05, 0) is 44.1 Å². The molecule has 0 radical (unpaired) electrons. The molecule has 3 fully saturated rings. The van der Waals surface area contributed by atoms with Crippen molar-refractivity contribution in [2.75, 3.05) is 12.3 Å². The highest BCUT2D eigenvalue weighted by molar-refractivity contribution is 7.85. The van der Waals surface area contributed by atoms with Crippen LogP contribution in [0, 0.1) is 16.7 Å². The van der Waals surface area contributed by atoms with E-state index in [0.29, 0.717) is 12.8 Å². The molecule has 2 unspecified atom stereocenters. The lowest BCUT2D eigenvalue weighted by atomic mass is 9.70.